The van der Waals surface area contributed by atoms with Crippen LogP contribution in [0.4, 0.5) is 0 Å². The zero-order chi connectivity index (χ0) is 9.12. The third-order valence-corrected chi connectivity index (χ3v) is 5.85. The molecule has 14 heavy (non-hydrogen) atoms. The first kappa shape index (κ1) is 7.96. The Balaban J connectivity index is 1.69. The summed E-state index contributed by atoms with van der Waals surface area (Å²) in [5.41, 5.74) is 0. The number of fused-ring (bicyclic) bond motifs is 3. The van der Waals surface area contributed by atoms with Gasteiger partial charge in [0.2, 0.25) is 0 Å². The van der Waals surface area contributed by atoms with Crippen molar-refractivity contribution in [3.8, 4) is 0 Å². The molecule has 3 saturated carbocycles. The molecule has 0 aliphatic heterocycles. The third kappa shape index (κ3) is 0.816. The molecular formula is C14H20. The Morgan fingerprint density at radius 2 is 1.57 bits per heavy atom. The summed E-state index contributed by atoms with van der Waals surface area (Å²) in [6.45, 7) is 0. The molecular weight excluding hydrogens is 168 g/mol. The van der Waals surface area contributed by atoms with Gasteiger partial charge < -0.3 is 0 Å². The Morgan fingerprint density at radius 1 is 0.786 bits per heavy atom. The first-order valence-corrected chi connectivity index (χ1v) is 6.60. The summed E-state index contributed by atoms with van der Waals surface area (Å²) in [5, 5.41) is 0. The second kappa shape index (κ2) is 2.65. The molecule has 0 aromatic carbocycles. The normalized spacial score (nSPS) is 58.9. The molecule has 6 atom stereocenters. The molecule has 0 heterocycles. The van der Waals surface area contributed by atoms with E-state index in [4.69, 9.17) is 0 Å². The fraction of sp³-hybridized carbons (Fsp3) is 0.857. The van der Waals surface area contributed by atoms with Crippen molar-refractivity contribution in [1.82, 2.24) is 0 Å². The highest BCUT2D eigenvalue weighted by Gasteiger charge is 2.59. The van der Waals surface area contributed by atoms with Crippen LogP contribution < -0.4 is 0 Å². The van der Waals surface area contributed by atoms with Gasteiger partial charge in [-0.1, -0.05) is 25.0 Å². The van der Waals surface area contributed by atoms with Gasteiger partial charge in [0, 0.05) is 0 Å². The minimum absolute atomic E-state index is 1.11. The molecule has 0 radical (unpaired) electrons. The van der Waals surface area contributed by atoms with Crippen LogP contribution in [0.25, 0.3) is 0 Å². The molecule has 1 unspecified atom stereocenters. The number of hydrogen-bond acceptors (Lipinski definition) is 0. The van der Waals surface area contributed by atoms with Crippen molar-refractivity contribution in [3.05, 3.63) is 12.2 Å². The van der Waals surface area contributed by atoms with E-state index in [-0.39, 0.29) is 0 Å². The van der Waals surface area contributed by atoms with Gasteiger partial charge >= 0.3 is 0 Å². The van der Waals surface area contributed by atoms with Gasteiger partial charge in [0.05, 0.1) is 0 Å². The standard InChI is InChI=1S/C14H20/c1-2-6-11-10(5-1)12-7-3-4-9-8-13(11)14(9)12/h1-2,9-14H,3-8H2/t9?,10-,11-,12-,13+,14+/m1/s1. The minimum atomic E-state index is 1.11. The summed E-state index contributed by atoms with van der Waals surface area (Å²) in [5.74, 6) is 6.91. The van der Waals surface area contributed by atoms with Crippen LogP contribution in [0.1, 0.15) is 38.5 Å². The lowest BCUT2D eigenvalue weighted by atomic mass is 9.57. The fourth-order valence-electron chi connectivity index (χ4n) is 5.40. The van der Waals surface area contributed by atoms with Crippen LogP contribution in [-0.4, -0.2) is 0 Å². The Hall–Kier alpha value is -0.260. The Kier molecular flexibility index (Phi) is 1.51. The van der Waals surface area contributed by atoms with Gasteiger partial charge in [0.25, 0.3) is 0 Å². The van der Waals surface area contributed by atoms with E-state index in [1.165, 1.54) is 30.6 Å². The molecule has 0 saturated heterocycles. The molecule has 4 aliphatic rings. The third-order valence-electron chi connectivity index (χ3n) is 5.85. The number of allylic oxidation sites excluding steroid dienone is 2. The van der Waals surface area contributed by atoms with E-state index in [1.54, 1.807) is 25.7 Å². The molecule has 4 rings (SSSR count). The summed E-state index contributed by atoms with van der Waals surface area (Å²) in [4.78, 5) is 0. The molecule has 3 fully saturated rings. The van der Waals surface area contributed by atoms with Crippen molar-refractivity contribution in [2.45, 2.75) is 38.5 Å². The highest BCUT2D eigenvalue weighted by molar-refractivity contribution is 5.12. The lowest BCUT2D eigenvalue weighted by molar-refractivity contribution is 0.0136. The molecule has 0 N–H and O–H groups in total. The number of hydrogen-bond donors (Lipinski definition) is 0. The Bertz CT molecular complexity index is 278. The van der Waals surface area contributed by atoms with Gasteiger partial charge in [-0.15, -0.1) is 0 Å². The van der Waals surface area contributed by atoms with Crippen molar-refractivity contribution < 1.29 is 0 Å². The smallest absolute Gasteiger partial charge is 0.0314 e. The average molecular weight is 188 g/mol. The van der Waals surface area contributed by atoms with Crippen molar-refractivity contribution in [1.29, 1.82) is 0 Å². The zero-order valence-electron chi connectivity index (χ0n) is 8.86. The monoisotopic (exact) mass is 188 g/mol. The summed E-state index contributed by atoms with van der Waals surface area (Å²) >= 11 is 0. The van der Waals surface area contributed by atoms with Gasteiger partial charge in [-0.25, -0.2) is 0 Å². The lowest BCUT2D eigenvalue weighted by Gasteiger charge is -2.48. The number of rotatable bonds is 0. The molecule has 76 valence electrons. The Morgan fingerprint density at radius 3 is 2.43 bits per heavy atom. The SMILES string of the molecule is C1=CC[C@@H]2[C@@H](C1)[C@H]1CCCC3C[C@@H]2[C@@H]31. The second-order valence-corrected chi connectivity index (χ2v) is 6.10. The first-order valence-electron chi connectivity index (χ1n) is 6.60. The van der Waals surface area contributed by atoms with Crippen molar-refractivity contribution in [3.63, 3.8) is 0 Å². The van der Waals surface area contributed by atoms with Gasteiger partial charge in [-0.2, -0.15) is 0 Å². The topological polar surface area (TPSA) is 0 Å². The lowest BCUT2D eigenvalue weighted by Crippen LogP contribution is -2.40. The zero-order valence-corrected chi connectivity index (χ0v) is 8.86. The summed E-state index contributed by atoms with van der Waals surface area (Å²) < 4.78 is 0. The van der Waals surface area contributed by atoms with E-state index in [0.29, 0.717) is 0 Å². The van der Waals surface area contributed by atoms with E-state index in [0.717, 1.165) is 17.8 Å². The van der Waals surface area contributed by atoms with Crippen LogP contribution in [0, 0.1) is 35.5 Å². The maximum Gasteiger partial charge on any atom is -0.0314 e. The van der Waals surface area contributed by atoms with Crippen LogP contribution in [0.2, 0.25) is 0 Å². The highest BCUT2D eigenvalue weighted by atomic mass is 14.6. The maximum absolute atomic E-state index is 2.47. The van der Waals surface area contributed by atoms with Gasteiger partial charge in [-0.3, -0.25) is 0 Å². The van der Waals surface area contributed by atoms with E-state index >= 15 is 0 Å². The van der Waals surface area contributed by atoms with E-state index in [2.05, 4.69) is 12.2 Å². The van der Waals surface area contributed by atoms with Gasteiger partial charge in [0.15, 0.2) is 0 Å². The molecule has 4 aliphatic carbocycles. The summed E-state index contributed by atoms with van der Waals surface area (Å²) in [6, 6.07) is 0. The van der Waals surface area contributed by atoms with Gasteiger partial charge in [-0.05, 0) is 61.2 Å². The summed E-state index contributed by atoms with van der Waals surface area (Å²) in [7, 11) is 0. The van der Waals surface area contributed by atoms with Crippen LogP contribution in [-0.2, 0) is 0 Å². The van der Waals surface area contributed by atoms with Gasteiger partial charge in [0.1, 0.15) is 0 Å². The average Bonchev–Trinajstić information content (AvgIpc) is 2.49. The van der Waals surface area contributed by atoms with E-state index in [9.17, 15) is 0 Å². The predicted molar refractivity (Wildman–Crippen MR) is 57.8 cm³/mol. The molecule has 0 heteroatoms. The largest absolute Gasteiger partial charge is 0.0882 e. The van der Waals surface area contributed by atoms with Crippen LogP contribution in [0.5, 0.6) is 0 Å². The van der Waals surface area contributed by atoms with Crippen molar-refractivity contribution in [2.24, 2.45) is 35.5 Å². The van der Waals surface area contributed by atoms with Crippen molar-refractivity contribution >= 4 is 0 Å². The van der Waals surface area contributed by atoms with Crippen molar-refractivity contribution in [2.75, 3.05) is 0 Å². The predicted octanol–water partition coefficient (Wildman–Crippen LogP) is 3.63. The molecule has 0 amide bonds. The van der Waals surface area contributed by atoms with E-state index < -0.39 is 0 Å². The van der Waals surface area contributed by atoms with Crippen LogP contribution in [0.15, 0.2) is 12.2 Å². The fourth-order valence-corrected chi connectivity index (χ4v) is 5.40. The first-order chi connectivity index (χ1) is 6.95. The summed E-state index contributed by atoms with van der Waals surface area (Å²) in [6.07, 6.45) is 14.1. The second-order valence-electron chi connectivity index (χ2n) is 6.10. The maximum atomic E-state index is 2.47. The van der Waals surface area contributed by atoms with E-state index in [1.807, 2.05) is 0 Å². The molecule has 0 spiro atoms. The Labute approximate surface area is 86.8 Å². The molecule has 0 nitrogen and oxygen atoms in total. The van der Waals surface area contributed by atoms with Crippen LogP contribution >= 0.6 is 0 Å². The molecule has 0 bridgehead atoms. The minimum Gasteiger partial charge on any atom is -0.0882 e. The molecule has 0 aromatic rings. The quantitative estimate of drug-likeness (QED) is 0.509. The highest BCUT2D eigenvalue weighted by Crippen LogP contribution is 2.66. The molecule has 0 aromatic heterocycles. The van der Waals surface area contributed by atoms with Crippen LogP contribution in [0.3, 0.4) is 0 Å².